The van der Waals surface area contributed by atoms with Crippen LogP contribution in [0.4, 0.5) is 0 Å². The van der Waals surface area contributed by atoms with Crippen molar-refractivity contribution in [3.63, 3.8) is 0 Å². The fourth-order valence-corrected chi connectivity index (χ4v) is 1.28. The van der Waals surface area contributed by atoms with Crippen LogP contribution in [0.15, 0.2) is 0 Å². The van der Waals surface area contributed by atoms with Gasteiger partial charge in [-0.2, -0.15) is 0 Å². The number of aliphatic hydroxyl groups excluding tert-OH is 1. The summed E-state index contributed by atoms with van der Waals surface area (Å²) >= 11 is 0. The lowest BCUT2D eigenvalue weighted by Gasteiger charge is -1.97. The van der Waals surface area contributed by atoms with E-state index in [1.54, 1.807) is 0 Å². The minimum absolute atomic E-state index is 0.269. The molecule has 2 aliphatic rings. The number of epoxide rings is 1. The van der Waals surface area contributed by atoms with Gasteiger partial charge in [-0.15, -0.1) is 0 Å². The second-order valence-corrected chi connectivity index (χ2v) is 3.61. The Morgan fingerprint density at radius 2 is 2.15 bits per heavy atom. The molecule has 3 heteroatoms. The second-order valence-electron chi connectivity index (χ2n) is 3.61. The predicted molar refractivity (Wildman–Crippen MR) is 50.7 cm³/mol. The highest BCUT2D eigenvalue weighted by atomic mass is 16.6. The van der Waals surface area contributed by atoms with Crippen LogP contribution in [-0.2, 0) is 9.47 Å². The van der Waals surface area contributed by atoms with Gasteiger partial charge in [-0.25, -0.2) is 0 Å². The highest BCUT2D eigenvalue weighted by Crippen LogP contribution is 2.14. The molecule has 0 radical (unpaired) electrons. The lowest BCUT2D eigenvalue weighted by Crippen LogP contribution is -1.94. The van der Waals surface area contributed by atoms with Crippen LogP contribution < -0.4 is 0 Å². The van der Waals surface area contributed by atoms with Gasteiger partial charge in [0.2, 0.25) is 0 Å². The second kappa shape index (κ2) is 6.35. The summed E-state index contributed by atoms with van der Waals surface area (Å²) in [6.07, 6.45) is 3.80. The van der Waals surface area contributed by atoms with Crippen molar-refractivity contribution < 1.29 is 14.6 Å². The lowest BCUT2D eigenvalue weighted by molar-refractivity contribution is 0.185. The molecule has 0 spiro atoms. The Bertz CT molecular complexity index is 117. The summed E-state index contributed by atoms with van der Waals surface area (Å²) in [5.41, 5.74) is 0. The van der Waals surface area contributed by atoms with Crippen molar-refractivity contribution >= 4 is 0 Å². The Hall–Kier alpha value is -0.120. The summed E-state index contributed by atoms with van der Waals surface area (Å²) in [6, 6.07) is 0. The molecule has 2 rings (SSSR count). The van der Waals surface area contributed by atoms with Crippen molar-refractivity contribution in [2.75, 3.05) is 26.4 Å². The van der Waals surface area contributed by atoms with Gasteiger partial charge in [-0.05, 0) is 18.8 Å². The molecule has 78 valence electrons. The molecule has 2 atom stereocenters. The van der Waals surface area contributed by atoms with Gasteiger partial charge in [0.05, 0.1) is 12.7 Å². The normalized spacial score (nSPS) is 30.9. The molecule has 2 aliphatic heterocycles. The van der Waals surface area contributed by atoms with E-state index in [4.69, 9.17) is 14.6 Å². The number of aliphatic hydroxyl groups is 1. The summed E-state index contributed by atoms with van der Waals surface area (Å²) in [5, 5.41) is 8.20. The third-order valence-corrected chi connectivity index (χ3v) is 2.45. The topological polar surface area (TPSA) is 42.0 Å². The lowest BCUT2D eigenvalue weighted by atomic mass is 10.1. The molecular weight excluding hydrogens is 168 g/mol. The molecule has 3 nitrogen and oxygen atoms in total. The van der Waals surface area contributed by atoms with Gasteiger partial charge < -0.3 is 14.6 Å². The molecule has 0 aromatic carbocycles. The average Bonchev–Trinajstić information content (AvgIpc) is 2.83. The van der Waals surface area contributed by atoms with Crippen LogP contribution in [0, 0.1) is 5.92 Å². The first-order chi connectivity index (χ1) is 6.36. The third-order valence-electron chi connectivity index (χ3n) is 2.45. The van der Waals surface area contributed by atoms with Crippen molar-refractivity contribution in [3.05, 3.63) is 0 Å². The molecule has 0 aromatic heterocycles. The van der Waals surface area contributed by atoms with Crippen LogP contribution in [0.3, 0.4) is 0 Å². The van der Waals surface area contributed by atoms with Crippen molar-refractivity contribution in [1.82, 2.24) is 0 Å². The zero-order valence-electron chi connectivity index (χ0n) is 8.37. The maximum Gasteiger partial charge on any atom is 0.0831 e. The molecule has 0 bridgehead atoms. The van der Waals surface area contributed by atoms with Crippen LogP contribution >= 0.6 is 0 Å². The Labute approximate surface area is 80.0 Å². The summed E-state index contributed by atoms with van der Waals surface area (Å²) in [4.78, 5) is 0. The van der Waals surface area contributed by atoms with Crippen LogP contribution in [0.1, 0.15) is 26.2 Å². The van der Waals surface area contributed by atoms with Gasteiger partial charge in [0.15, 0.2) is 0 Å². The van der Waals surface area contributed by atoms with E-state index in [1.165, 1.54) is 12.8 Å². The van der Waals surface area contributed by atoms with E-state index in [-0.39, 0.29) is 6.61 Å². The number of hydrogen-bond donors (Lipinski definition) is 1. The molecule has 0 aromatic rings. The molecule has 0 aliphatic carbocycles. The van der Waals surface area contributed by atoms with Crippen molar-refractivity contribution in [2.45, 2.75) is 32.3 Å². The Balaban J connectivity index is 0.000000132. The van der Waals surface area contributed by atoms with Crippen LogP contribution in [0.2, 0.25) is 0 Å². The molecule has 2 fully saturated rings. The Kier molecular flexibility index (Phi) is 5.35. The summed E-state index contributed by atoms with van der Waals surface area (Å²) in [7, 11) is 0. The molecule has 13 heavy (non-hydrogen) atoms. The van der Waals surface area contributed by atoms with E-state index in [9.17, 15) is 0 Å². The Morgan fingerprint density at radius 3 is 2.38 bits per heavy atom. The zero-order chi connectivity index (χ0) is 9.52. The summed E-state index contributed by atoms with van der Waals surface area (Å²) < 4.78 is 9.94. The van der Waals surface area contributed by atoms with E-state index >= 15 is 0 Å². The van der Waals surface area contributed by atoms with Gasteiger partial charge >= 0.3 is 0 Å². The highest BCUT2D eigenvalue weighted by Gasteiger charge is 2.20. The van der Waals surface area contributed by atoms with E-state index in [1.807, 2.05) is 0 Å². The van der Waals surface area contributed by atoms with Crippen molar-refractivity contribution in [3.8, 4) is 0 Å². The molecular formula is C10H20O3. The monoisotopic (exact) mass is 188 g/mol. The standard InChI is InChI=1S/C6H12O.C4H8O2/c1-2-6-3-4-7-5-6;5-2-1-4-3-6-4/h6H,2-5H2,1H3;4-5H,1-3H2. The molecule has 0 amide bonds. The first kappa shape index (κ1) is 11.0. The fraction of sp³-hybridized carbons (Fsp3) is 1.00. The van der Waals surface area contributed by atoms with E-state index in [2.05, 4.69) is 6.92 Å². The van der Waals surface area contributed by atoms with Gasteiger partial charge in [-0.1, -0.05) is 13.3 Å². The molecule has 0 saturated carbocycles. The molecule has 2 saturated heterocycles. The minimum atomic E-state index is 0.269. The van der Waals surface area contributed by atoms with Gasteiger partial charge in [-0.3, -0.25) is 0 Å². The smallest absolute Gasteiger partial charge is 0.0831 e. The SMILES string of the molecule is CCC1CCOC1.OCCC1CO1. The van der Waals surface area contributed by atoms with Crippen LogP contribution in [-0.4, -0.2) is 37.6 Å². The Morgan fingerprint density at radius 1 is 1.38 bits per heavy atom. The van der Waals surface area contributed by atoms with Crippen molar-refractivity contribution in [2.24, 2.45) is 5.92 Å². The first-order valence-electron chi connectivity index (χ1n) is 5.17. The van der Waals surface area contributed by atoms with Crippen LogP contribution in [0.25, 0.3) is 0 Å². The average molecular weight is 188 g/mol. The highest BCUT2D eigenvalue weighted by molar-refractivity contribution is 4.66. The van der Waals surface area contributed by atoms with E-state index in [0.717, 1.165) is 32.2 Å². The van der Waals surface area contributed by atoms with E-state index in [0.29, 0.717) is 6.10 Å². The maximum atomic E-state index is 8.20. The van der Waals surface area contributed by atoms with Gasteiger partial charge in [0.25, 0.3) is 0 Å². The van der Waals surface area contributed by atoms with Gasteiger partial charge in [0.1, 0.15) is 0 Å². The fourth-order valence-electron chi connectivity index (χ4n) is 1.28. The number of rotatable bonds is 3. The quantitative estimate of drug-likeness (QED) is 0.677. The third kappa shape index (κ3) is 5.24. The first-order valence-corrected chi connectivity index (χ1v) is 5.17. The zero-order valence-corrected chi connectivity index (χ0v) is 8.37. The van der Waals surface area contributed by atoms with Gasteiger partial charge in [0, 0.05) is 19.8 Å². The van der Waals surface area contributed by atoms with Crippen molar-refractivity contribution in [1.29, 1.82) is 0 Å². The molecule has 2 unspecified atom stereocenters. The predicted octanol–water partition coefficient (Wildman–Crippen LogP) is 1.20. The summed E-state index contributed by atoms with van der Waals surface area (Å²) in [5.74, 6) is 0.875. The van der Waals surface area contributed by atoms with E-state index < -0.39 is 0 Å². The molecule has 2 heterocycles. The summed E-state index contributed by atoms with van der Waals surface area (Å²) in [6.45, 7) is 5.36. The van der Waals surface area contributed by atoms with Crippen LogP contribution in [0.5, 0.6) is 0 Å². The number of ether oxygens (including phenoxy) is 2. The molecule has 1 N–H and O–H groups in total. The number of hydrogen-bond acceptors (Lipinski definition) is 3. The maximum absolute atomic E-state index is 8.20. The minimum Gasteiger partial charge on any atom is -0.396 e. The largest absolute Gasteiger partial charge is 0.396 e.